The highest BCUT2D eigenvalue weighted by molar-refractivity contribution is 14.1. The first-order valence-electron chi connectivity index (χ1n) is 4.60. The summed E-state index contributed by atoms with van der Waals surface area (Å²) in [6, 6.07) is 0. The van der Waals surface area contributed by atoms with Crippen molar-refractivity contribution in [3.8, 4) is 0 Å². The summed E-state index contributed by atoms with van der Waals surface area (Å²) in [5.41, 5.74) is 1.95. The summed E-state index contributed by atoms with van der Waals surface area (Å²) < 4.78 is 5.54. The van der Waals surface area contributed by atoms with Crippen LogP contribution in [0.25, 0.3) is 0 Å². The molecular formula is C10H13IN2O2. The van der Waals surface area contributed by atoms with Crippen molar-refractivity contribution in [2.24, 2.45) is 0 Å². The molecule has 1 heterocycles. The number of esters is 1. The lowest BCUT2D eigenvalue weighted by molar-refractivity contribution is -0.140. The van der Waals surface area contributed by atoms with Gasteiger partial charge in [-0.05, 0) is 35.4 Å². The van der Waals surface area contributed by atoms with Crippen LogP contribution >= 0.6 is 22.6 Å². The van der Waals surface area contributed by atoms with E-state index in [9.17, 15) is 4.79 Å². The molecule has 82 valence electrons. The Balaban J connectivity index is 2.90. The molecule has 0 N–H and O–H groups in total. The van der Waals surface area contributed by atoms with Gasteiger partial charge in [-0.25, -0.2) is 9.97 Å². The Morgan fingerprint density at radius 2 is 2.27 bits per heavy atom. The van der Waals surface area contributed by atoms with Crippen LogP contribution in [-0.4, -0.2) is 23.0 Å². The zero-order valence-corrected chi connectivity index (χ0v) is 11.1. The number of halogens is 1. The first-order chi connectivity index (χ1) is 7.06. The van der Waals surface area contributed by atoms with Crippen LogP contribution in [0.1, 0.15) is 30.5 Å². The lowest BCUT2D eigenvalue weighted by Crippen LogP contribution is -2.10. The highest BCUT2D eigenvalue weighted by Gasteiger charge is 2.17. The van der Waals surface area contributed by atoms with E-state index in [0.717, 1.165) is 15.0 Å². The van der Waals surface area contributed by atoms with E-state index < -0.39 is 0 Å². The van der Waals surface area contributed by atoms with Crippen molar-refractivity contribution in [3.05, 3.63) is 21.3 Å². The van der Waals surface area contributed by atoms with E-state index in [-0.39, 0.29) is 11.9 Å². The maximum absolute atomic E-state index is 11.2. The Morgan fingerprint density at radius 1 is 1.60 bits per heavy atom. The Hall–Kier alpha value is -0.720. The van der Waals surface area contributed by atoms with Crippen molar-refractivity contribution in [2.45, 2.75) is 26.2 Å². The lowest BCUT2D eigenvalue weighted by atomic mass is 9.98. The van der Waals surface area contributed by atoms with Crippen molar-refractivity contribution in [3.63, 3.8) is 0 Å². The summed E-state index contributed by atoms with van der Waals surface area (Å²) in [4.78, 5) is 19.4. The van der Waals surface area contributed by atoms with E-state index in [1.165, 1.54) is 13.4 Å². The molecule has 0 fully saturated rings. The van der Waals surface area contributed by atoms with Crippen molar-refractivity contribution >= 4 is 28.6 Å². The minimum absolute atomic E-state index is 0.0885. The first kappa shape index (κ1) is 12.4. The topological polar surface area (TPSA) is 52.1 Å². The number of hydrogen-bond acceptors (Lipinski definition) is 4. The van der Waals surface area contributed by atoms with Crippen LogP contribution in [0.2, 0.25) is 0 Å². The number of carbonyl (C=O) groups is 1. The van der Waals surface area contributed by atoms with Crippen LogP contribution < -0.4 is 0 Å². The van der Waals surface area contributed by atoms with Crippen LogP contribution in [0.15, 0.2) is 6.33 Å². The van der Waals surface area contributed by atoms with Gasteiger partial charge in [-0.3, -0.25) is 4.79 Å². The number of nitrogens with zero attached hydrogens (tertiary/aromatic N) is 2. The summed E-state index contributed by atoms with van der Waals surface area (Å²) in [6.07, 6.45) is 1.90. The van der Waals surface area contributed by atoms with Gasteiger partial charge in [0, 0.05) is 11.3 Å². The molecule has 1 aromatic heterocycles. The molecular weight excluding hydrogens is 307 g/mol. The van der Waals surface area contributed by atoms with Gasteiger partial charge in [-0.2, -0.15) is 0 Å². The third-order valence-corrected chi connectivity index (χ3v) is 3.09. The van der Waals surface area contributed by atoms with Crippen LogP contribution in [0.4, 0.5) is 0 Å². The molecule has 0 bridgehead atoms. The van der Waals surface area contributed by atoms with Crippen molar-refractivity contribution in [2.75, 3.05) is 7.11 Å². The van der Waals surface area contributed by atoms with E-state index in [4.69, 9.17) is 0 Å². The SMILES string of the molecule is COC(=O)C[C@@H](C)c1c(C)ncnc1I. The molecule has 0 saturated carbocycles. The molecule has 0 spiro atoms. The Bertz CT molecular complexity index is 348. The molecule has 1 aromatic rings. The van der Waals surface area contributed by atoms with Gasteiger partial charge in [0.25, 0.3) is 0 Å². The van der Waals surface area contributed by atoms with Gasteiger partial charge < -0.3 is 4.74 Å². The monoisotopic (exact) mass is 320 g/mol. The summed E-state index contributed by atoms with van der Waals surface area (Å²) in [5, 5.41) is 0. The second-order valence-electron chi connectivity index (χ2n) is 3.34. The van der Waals surface area contributed by atoms with E-state index >= 15 is 0 Å². The van der Waals surface area contributed by atoms with E-state index in [0.29, 0.717) is 6.42 Å². The fourth-order valence-corrected chi connectivity index (χ4v) is 2.50. The number of hydrogen-bond donors (Lipinski definition) is 0. The third-order valence-electron chi connectivity index (χ3n) is 2.23. The number of rotatable bonds is 3. The molecule has 0 radical (unpaired) electrons. The number of aromatic nitrogens is 2. The summed E-state index contributed by atoms with van der Waals surface area (Å²) in [6.45, 7) is 3.90. The standard InChI is InChI=1S/C10H13IN2O2/c1-6(4-8(14)15-3)9-7(2)12-5-13-10(9)11/h5-6H,4H2,1-3H3/t6-/m1/s1. The van der Waals surface area contributed by atoms with E-state index in [1.54, 1.807) is 0 Å². The molecule has 0 aliphatic rings. The molecule has 0 amide bonds. The van der Waals surface area contributed by atoms with Crippen LogP contribution in [0.5, 0.6) is 0 Å². The van der Waals surface area contributed by atoms with Gasteiger partial charge in [0.2, 0.25) is 0 Å². The van der Waals surface area contributed by atoms with Gasteiger partial charge >= 0.3 is 5.97 Å². The predicted octanol–water partition coefficient (Wildman–Crippen LogP) is 2.06. The average molecular weight is 320 g/mol. The van der Waals surface area contributed by atoms with Gasteiger partial charge in [0.15, 0.2) is 0 Å². The molecule has 1 rings (SSSR count). The van der Waals surface area contributed by atoms with Gasteiger partial charge in [0.1, 0.15) is 10.0 Å². The third kappa shape index (κ3) is 3.12. The highest BCUT2D eigenvalue weighted by atomic mass is 127. The van der Waals surface area contributed by atoms with Crippen molar-refractivity contribution in [1.29, 1.82) is 0 Å². The maximum Gasteiger partial charge on any atom is 0.306 e. The molecule has 0 aromatic carbocycles. The van der Waals surface area contributed by atoms with Crippen LogP contribution in [0, 0.1) is 10.6 Å². The smallest absolute Gasteiger partial charge is 0.306 e. The second-order valence-corrected chi connectivity index (χ2v) is 4.37. The highest BCUT2D eigenvalue weighted by Crippen LogP contribution is 2.25. The maximum atomic E-state index is 11.2. The molecule has 5 heteroatoms. The second kappa shape index (κ2) is 5.39. The molecule has 0 aliphatic carbocycles. The minimum atomic E-state index is -0.207. The zero-order chi connectivity index (χ0) is 11.4. The van der Waals surface area contributed by atoms with Crippen molar-refractivity contribution in [1.82, 2.24) is 9.97 Å². The molecule has 0 aliphatic heterocycles. The van der Waals surface area contributed by atoms with Crippen LogP contribution in [-0.2, 0) is 9.53 Å². The average Bonchev–Trinajstić information content (AvgIpc) is 2.17. The summed E-state index contributed by atoms with van der Waals surface area (Å²) in [5.74, 6) is -0.118. The normalized spacial score (nSPS) is 12.3. The largest absolute Gasteiger partial charge is 0.469 e. The molecule has 15 heavy (non-hydrogen) atoms. The molecule has 0 saturated heterocycles. The Kier molecular flexibility index (Phi) is 4.44. The quantitative estimate of drug-likeness (QED) is 0.486. The van der Waals surface area contributed by atoms with Crippen molar-refractivity contribution < 1.29 is 9.53 Å². The lowest BCUT2D eigenvalue weighted by Gasteiger charge is -2.13. The predicted molar refractivity (Wildman–Crippen MR) is 64.5 cm³/mol. The fraction of sp³-hybridized carbons (Fsp3) is 0.500. The summed E-state index contributed by atoms with van der Waals surface area (Å²) >= 11 is 2.16. The number of carbonyl (C=O) groups excluding carboxylic acids is 1. The molecule has 1 atom stereocenters. The minimum Gasteiger partial charge on any atom is -0.469 e. The van der Waals surface area contributed by atoms with E-state index in [2.05, 4.69) is 37.3 Å². The molecule has 4 nitrogen and oxygen atoms in total. The first-order valence-corrected chi connectivity index (χ1v) is 5.68. The molecule has 0 unspecified atom stereocenters. The number of ether oxygens (including phenoxy) is 1. The van der Waals surface area contributed by atoms with Gasteiger partial charge in [-0.15, -0.1) is 0 Å². The summed E-state index contributed by atoms with van der Waals surface area (Å²) in [7, 11) is 1.40. The zero-order valence-electron chi connectivity index (χ0n) is 8.95. The van der Waals surface area contributed by atoms with E-state index in [1.807, 2.05) is 13.8 Å². The van der Waals surface area contributed by atoms with Gasteiger partial charge in [-0.1, -0.05) is 6.92 Å². The Morgan fingerprint density at radius 3 is 2.80 bits per heavy atom. The van der Waals surface area contributed by atoms with Crippen LogP contribution in [0.3, 0.4) is 0 Å². The Labute approximate surface area is 103 Å². The number of methoxy groups -OCH3 is 1. The number of aryl methyl sites for hydroxylation is 1. The van der Waals surface area contributed by atoms with Gasteiger partial charge in [0.05, 0.1) is 13.5 Å². The fourth-order valence-electron chi connectivity index (χ4n) is 1.45.